The van der Waals surface area contributed by atoms with Gasteiger partial charge in [-0.15, -0.1) is 0 Å². The molecule has 0 aromatic carbocycles. The third kappa shape index (κ3) is 2.65. The zero-order valence-corrected chi connectivity index (χ0v) is 12.6. The van der Waals surface area contributed by atoms with Gasteiger partial charge in [0.2, 0.25) is 11.8 Å². The number of hydrogen-bond acceptors (Lipinski definition) is 6. The minimum Gasteiger partial charge on any atom is -0.479 e. The fourth-order valence-electron chi connectivity index (χ4n) is 2.85. The van der Waals surface area contributed by atoms with Crippen molar-refractivity contribution in [1.82, 2.24) is 19.5 Å². The van der Waals surface area contributed by atoms with Gasteiger partial charge in [-0.05, 0) is 25.2 Å². The summed E-state index contributed by atoms with van der Waals surface area (Å²) in [7, 11) is 1.55. The van der Waals surface area contributed by atoms with E-state index in [0.29, 0.717) is 29.1 Å². The smallest absolute Gasteiger partial charge is 0.246 e. The molecule has 0 amide bonds. The predicted molar refractivity (Wildman–Crippen MR) is 78.9 cm³/mol. The second-order valence-corrected chi connectivity index (χ2v) is 5.83. The fraction of sp³-hybridized carbons (Fsp3) is 0.643. The molecule has 1 fully saturated rings. The minimum atomic E-state index is -0.0437. The highest BCUT2D eigenvalue weighted by atomic mass is 16.5. The Morgan fingerprint density at radius 3 is 2.95 bits per heavy atom. The van der Waals surface area contributed by atoms with Crippen LogP contribution in [0.5, 0.6) is 5.88 Å². The molecular weight excluding hydrogens is 270 g/mol. The molecule has 0 saturated carbocycles. The van der Waals surface area contributed by atoms with Gasteiger partial charge in [0.15, 0.2) is 11.2 Å². The van der Waals surface area contributed by atoms with Gasteiger partial charge in [-0.25, -0.2) is 4.98 Å². The SMILES string of the molecule is COc1nc(N)nc2c1ncn2C1CC[C@@H](CC(C)C)O1. The van der Waals surface area contributed by atoms with Crippen molar-refractivity contribution < 1.29 is 9.47 Å². The fourth-order valence-corrected chi connectivity index (χ4v) is 2.85. The van der Waals surface area contributed by atoms with E-state index in [4.69, 9.17) is 15.2 Å². The Morgan fingerprint density at radius 1 is 1.43 bits per heavy atom. The molecule has 2 N–H and O–H groups in total. The first-order valence-corrected chi connectivity index (χ1v) is 7.28. The van der Waals surface area contributed by atoms with Crippen molar-refractivity contribution in [3.8, 4) is 5.88 Å². The molecule has 0 bridgehead atoms. The first kappa shape index (κ1) is 14.1. The molecule has 1 aliphatic heterocycles. The molecule has 2 atom stereocenters. The molecule has 2 aromatic rings. The van der Waals surface area contributed by atoms with Gasteiger partial charge >= 0.3 is 0 Å². The predicted octanol–water partition coefficient (Wildman–Crippen LogP) is 2.14. The molecule has 114 valence electrons. The molecule has 21 heavy (non-hydrogen) atoms. The van der Waals surface area contributed by atoms with Gasteiger partial charge in [0, 0.05) is 0 Å². The van der Waals surface area contributed by atoms with E-state index in [0.717, 1.165) is 19.3 Å². The number of imidazole rings is 1. The Kier molecular flexibility index (Phi) is 3.67. The zero-order chi connectivity index (χ0) is 15.0. The third-order valence-corrected chi connectivity index (χ3v) is 3.73. The van der Waals surface area contributed by atoms with Gasteiger partial charge < -0.3 is 15.2 Å². The molecule has 2 aromatic heterocycles. The lowest BCUT2D eigenvalue weighted by Crippen LogP contribution is -2.13. The van der Waals surface area contributed by atoms with E-state index in [2.05, 4.69) is 28.8 Å². The minimum absolute atomic E-state index is 0.0437. The van der Waals surface area contributed by atoms with Gasteiger partial charge in [0.1, 0.15) is 6.23 Å². The highest BCUT2D eigenvalue weighted by molar-refractivity contribution is 5.77. The Labute approximate surface area is 123 Å². The number of nitrogens with two attached hydrogens (primary N) is 1. The van der Waals surface area contributed by atoms with Crippen LogP contribution in [0.3, 0.4) is 0 Å². The van der Waals surface area contributed by atoms with E-state index < -0.39 is 0 Å². The van der Waals surface area contributed by atoms with Gasteiger partial charge in [0.05, 0.1) is 19.5 Å². The van der Waals surface area contributed by atoms with Crippen molar-refractivity contribution in [3.63, 3.8) is 0 Å². The van der Waals surface area contributed by atoms with Crippen LogP contribution in [0.2, 0.25) is 0 Å². The first-order chi connectivity index (χ1) is 10.1. The Bertz CT molecular complexity index is 640. The average molecular weight is 291 g/mol. The Hall–Kier alpha value is -1.89. The van der Waals surface area contributed by atoms with Crippen molar-refractivity contribution in [3.05, 3.63) is 6.33 Å². The lowest BCUT2D eigenvalue weighted by Gasteiger charge is -2.16. The maximum Gasteiger partial charge on any atom is 0.246 e. The van der Waals surface area contributed by atoms with Crippen molar-refractivity contribution in [2.45, 2.75) is 45.4 Å². The van der Waals surface area contributed by atoms with Crippen LogP contribution in [0.1, 0.15) is 39.3 Å². The number of fused-ring (bicyclic) bond motifs is 1. The molecular formula is C14H21N5O2. The number of methoxy groups -OCH3 is 1. The maximum absolute atomic E-state index is 6.12. The lowest BCUT2D eigenvalue weighted by atomic mass is 10.0. The first-order valence-electron chi connectivity index (χ1n) is 7.28. The number of hydrogen-bond donors (Lipinski definition) is 1. The molecule has 7 nitrogen and oxygen atoms in total. The monoisotopic (exact) mass is 291 g/mol. The molecule has 0 spiro atoms. The quantitative estimate of drug-likeness (QED) is 0.928. The van der Waals surface area contributed by atoms with E-state index in [1.54, 1.807) is 13.4 Å². The second kappa shape index (κ2) is 5.48. The highest BCUT2D eigenvalue weighted by Gasteiger charge is 2.29. The van der Waals surface area contributed by atoms with E-state index in [1.807, 2.05) is 4.57 Å². The number of aromatic nitrogens is 4. The summed E-state index contributed by atoms with van der Waals surface area (Å²) in [5.74, 6) is 1.21. The van der Waals surface area contributed by atoms with Gasteiger partial charge in [-0.3, -0.25) is 4.57 Å². The third-order valence-electron chi connectivity index (χ3n) is 3.73. The van der Waals surface area contributed by atoms with Crippen LogP contribution in [0.4, 0.5) is 5.95 Å². The van der Waals surface area contributed by atoms with Gasteiger partial charge in [-0.1, -0.05) is 13.8 Å². The molecule has 1 aliphatic rings. The van der Waals surface area contributed by atoms with Crippen molar-refractivity contribution in [1.29, 1.82) is 0 Å². The summed E-state index contributed by atoms with van der Waals surface area (Å²) >= 11 is 0. The number of anilines is 1. The van der Waals surface area contributed by atoms with Crippen molar-refractivity contribution >= 4 is 17.1 Å². The van der Waals surface area contributed by atoms with Crippen LogP contribution >= 0.6 is 0 Å². The normalized spacial score (nSPS) is 22.3. The maximum atomic E-state index is 6.12. The van der Waals surface area contributed by atoms with E-state index in [-0.39, 0.29) is 12.2 Å². The Balaban J connectivity index is 1.90. The summed E-state index contributed by atoms with van der Waals surface area (Å²) in [5, 5.41) is 0. The summed E-state index contributed by atoms with van der Waals surface area (Å²) in [6.07, 6.45) is 5.06. The summed E-state index contributed by atoms with van der Waals surface area (Å²) in [4.78, 5) is 12.7. The van der Waals surface area contributed by atoms with Crippen molar-refractivity contribution in [2.24, 2.45) is 5.92 Å². The largest absolute Gasteiger partial charge is 0.479 e. The van der Waals surface area contributed by atoms with Gasteiger partial charge in [-0.2, -0.15) is 9.97 Å². The summed E-state index contributed by atoms with van der Waals surface area (Å²) in [6.45, 7) is 4.42. The molecule has 1 unspecified atom stereocenters. The average Bonchev–Trinajstić information content (AvgIpc) is 3.03. The molecule has 0 radical (unpaired) electrons. The van der Waals surface area contributed by atoms with E-state index >= 15 is 0 Å². The van der Waals surface area contributed by atoms with Crippen LogP contribution in [0, 0.1) is 5.92 Å². The van der Waals surface area contributed by atoms with E-state index in [1.165, 1.54) is 0 Å². The number of nitrogen functional groups attached to an aromatic ring is 1. The Morgan fingerprint density at radius 2 is 2.24 bits per heavy atom. The van der Waals surface area contributed by atoms with Crippen LogP contribution in [0.25, 0.3) is 11.2 Å². The summed E-state index contributed by atoms with van der Waals surface area (Å²) in [6, 6.07) is 0. The molecule has 0 aliphatic carbocycles. The van der Waals surface area contributed by atoms with Crippen LogP contribution in [0.15, 0.2) is 6.33 Å². The zero-order valence-electron chi connectivity index (χ0n) is 12.6. The number of rotatable bonds is 4. The van der Waals surface area contributed by atoms with E-state index in [9.17, 15) is 0 Å². The lowest BCUT2D eigenvalue weighted by molar-refractivity contribution is -0.00442. The molecule has 1 saturated heterocycles. The highest BCUT2D eigenvalue weighted by Crippen LogP contribution is 2.34. The van der Waals surface area contributed by atoms with Crippen LogP contribution < -0.4 is 10.5 Å². The number of nitrogens with zero attached hydrogens (tertiary/aromatic N) is 4. The van der Waals surface area contributed by atoms with Gasteiger partial charge in [0.25, 0.3) is 0 Å². The molecule has 7 heteroatoms. The topological polar surface area (TPSA) is 88.1 Å². The summed E-state index contributed by atoms with van der Waals surface area (Å²) < 4.78 is 13.3. The second-order valence-electron chi connectivity index (χ2n) is 5.83. The van der Waals surface area contributed by atoms with Crippen LogP contribution in [-0.2, 0) is 4.74 Å². The van der Waals surface area contributed by atoms with Crippen molar-refractivity contribution in [2.75, 3.05) is 12.8 Å². The molecule has 3 heterocycles. The number of ether oxygens (including phenoxy) is 2. The van der Waals surface area contributed by atoms with Crippen LogP contribution in [-0.4, -0.2) is 32.7 Å². The standard InChI is InChI=1S/C14H21N5O2/c1-8(2)6-9-4-5-10(21-9)19-7-16-11-12(19)17-14(15)18-13(11)20-3/h7-10H,4-6H2,1-3H3,(H2,15,17,18)/t9-,10?/m0/s1. The molecule has 3 rings (SSSR count). The summed E-state index contributed by atoms with van der Waals surface area (Å²) in [5.41, 5.74) is 7.01.